The summed E-state index contributed by atoms with van der Waals surface area (Å²) in [4.78, 5) is 21.1. The maximum absolute atomic E-state index is 12.1. The molecule has 6 nitrogen and oxygen atoms in total. The molecule has 2 aliphatic rings. The van der Waals surface area contributed by atoms with Crippen LogP contribution in [0.15, 0.2) is 18.3 Å². The summed E-state index contributed by atoms with van der Waals surface area (Å²) in [6, 6.07) is 3.84. The van der Waals surface area contributed by atoms with Crippen molar-refractivity contribution in [3.63, 3.8) is 0 Å². The average molecular weight is 318 g/mol. The second-order valence-corrected chi connectivity index (χ2v) is 6.85. The number of nitrogens with zero attached hydrogens (tertiary/aromatic N) is 3. The lowest BCUT2D eigenvalue weighted by molar-refractivity contribution is -0.120. The molecule has 1 aliphatic carbocycles. The molecule has 1 aliphatic heterocycles. The number of carbonyl (C=O) groups is 1. The Morgan fingerprint density at radius 1 is 1.26 bits per heavy atom. The normalized spacial score (nSPS) is 21.4. The van der Waals surface area contributed by atoms with Gasteiger partial charge in [0, 0.05) is 26.2 Å². The molecule has 0 bridgehead atoms. The summed E-state index contributed by atoms with van der Waals surface area (Å²) in [6.45, 7) is 4.03. The van der Waals surface area contributed by atoms with Crippen molar-refractivity contribution < 1.29 is 9.90 Å². The van der Waals surface area contributed by atoms with Crippen LogP contribution >= 0.6 is 0 Å². The van der Waals surface area contributed by atoms with Gasteiger partial charge in [0.05, 0.1) is 23.9 Å². The number of rotatable bonds is 4. The molecule has 0 atom stereocenters. The third-order valence-corrected chi connectivity index (χ3v) is 4.88. The largest absolute Gasteiger partial charge is 0.389 e. The number of likely N-dealkylation sites (N-methyl/N-ethyl adjacent to an activating group) is 1. The first-order chi connectivity index (χ1) is 11.0. The van der Waals surface area contributed by atoms with E-state index in [4.69, 9.17) is 0 Å². The summed E-state index contributed by atoms with van der Waals surface area (Å²) in [5.41, 5.74) is -0.119. The fourth-order valence-electron chi connectivity index (χ4n) is 3.40. The number of piperazine rings is 1. The van der Waals surface area contributed by atoms with Gasteiger partial charge in [-0.3, -0.25) is 4.79 Å². The lowest BCUT2D eigenvalue weighted by atomic mass is 9.98. The van der Waals surface area contributed by atoms with Crippen molar-refractivity contribution in [2.24, 2.45) is 0 Å². The Hall–Kier alpha value is -1.66. The number of amides is 1. The van der Waals surface area contributed by atoms with Crippen LogP contribution in [0, 0.1) is 0 Å². The lowest BCUT2D eigenvalue weighted by Crippen LogP contribution is -2.44. The van der Waals surface area contributed by atoms with E-state index in [1.165, 1.54) is 0 Å². The van der Waals surface area contributed by atoms with E-state index in [-0.39, 0.29) is 12.3 Å². The van der Waals surface area contributed by atoms with Crippen LogP contribution < -0.4 is 10.2 Å². The molecule has 0 unspecified atom stereocenters. The quantitative estimate of drug-likeness (QED) is 0.880. The molecule has 0 radical (unpaired) electrons. The van der Waals surface area contributed by atoms with E-state index in [0.717, 1.165) is 57.7 Å². The van der Waals surface area contributed by atoms with Gasteiger partial charge in [-0.1, -0.05) is 12.8 Å². The van der Waals surface area contributed by atoms with Crippen LogP contribution in [-0.2, 0) is 4.79 Å². The number of aliphatic hydroxyl groups is 1. The standard InChI is InChI=1S/C17H26N4O2/c1-20-8-10-21(11-9-20)15-5-4-14(13-18-15)19-16(22)12-17(23)6-2-3-7-17/h4-5,13,23H,2-3,6-12H2,1H3,(H,19,22). The van der Waals surface area contributed by atoms with Crippen molar-refractivity contribution in [1.29, 1.82) is 0 Å². The van der Waals surface area contributed by atoms with Crippen molar-refractivity contribution in [3.05, 3.63) is 18.3 Å². The van der Waals surface area contributed by atoms with Gasteiger partial charge in [-0.2, -0.15) is 0 Å². The van der Waals surface area contributed by atoms with E-state index in [9.17, 15) is 9.90 Å². The van der Waals surface area contributed by atoms with Crippen LogP contribution in [0.1, 0.15) is 32.1 Å². The molecule has 3 rings (SSSR count). The van der Waals surface area contributed by atoms with Gasteiger partial charge in [0.15, 0.2) is 0 Å². The van der Waals surface area contributed by atoms with Gasteiger partial charge in [-0.15, -0.1) is 0 Å². The first-order valence-corrected chi connectivity index (χ1v) is 8.46. The van der Waals surface area contributed by atoms with Gasteiger partial charge in [-0.25, -0.2) is 4.98 Å². The van der Waals surface area contributed by atoms with Crippen LogP contribution in [0.2, 0.25) is 0 Å². The summed E-state index contributed by atoms with van der Waals surface area (Å²) in [5, 5.41) is 13.1. The summed E-state index contributed by atoms with van der Waals surface area (Å²) < 4.78 is 0. The maximum atomic E-state index is 12.1. The highest BCUT2D eigenvalue weighted by molar-refractivity contribution is 5.91. The van der Waals surface area contributed by atoms with Crippen molar-refractivity contribution in [1.82, 2.24) is 9.88 Å². The number of carbonyl (C=O) groups excluding carboxylic acids is 1. The van der Waals surface area contributed by atoms with Crippen molar-refractivity contribution >= 4 is 17.4 Å². The predicted molar refractivity (Wildman–Crippen MR) is 90.6 cm³/mol. The van der Waals surface area contributed by atoms with Crippen LogP contribution in [-0.4, -0.2) is 59.7 Å². The Morgan fingerprint density at radius 3 is 2.57 bits per heavy atom. The second-order valence-electron chi connectivity index (χ2n) is 6.85. The van der Waals surface area contributed by atoms with Crippen molar-refractivity contribution in [2.75, 3.05) is 43.4 Å². The molecule has 2 heterocycles. The van der Waals surface area contributed by atoms with E-state index in [0.29, 0.717) is 5.69 Å². The minimum absolute atomic E-state index is 0.136. The molecule has 0 aromatic carbocycles. The Labute approximate surface area is 137 Å². The Bertz CT molecular complexity index is 532. The first kappa shape index (κ1) is 16.2. The number of hydrogen-bond donors (Lipinski definition) is 2. The molecule has 1 saturated carbocycles. The van der Waals surface area contributed by atoms with E-state index >= 15 is 0 Å². The third kappa shape index (κ3) is 4.20. The van der Waals surface area contributed by atoms with Gasteiger partial charge in [-0.05, 0) is 32.0 Å². The number of pyridine rings is 1. The molecular weight excluding hydrogens is 292 g/mol. The molecule has 0 spiro atoms. The zero-order chi connectivity index (χ0) is 16.3. The molecular formula is C17H26N4O2. The number of hydrogen-bond acceptors (Lipinski definition) is 5. The van der Waals surface area contributed by atoms with Crippen LogP contribution in [0.4, 0.5) is 11.5 Å². The highest BCUT2D eigenvalue weighted by atomic mass is 16.3. The summed E-state index contributed by atoms with van der Waals surface area (Å²) in [7, 11) is 2.13. The summed E-state index contributed by atoms with van der Waals surface area (Å²) in [6.07, 6.45) is 5.33. The summed E-state index contributed by atoms with van der Waals surface area (Å²) in [5.74, 6) is 0.814. The Kier molecular flexibility index (Phi) is 4.82. The molecule has 23 heavy (non-hydrogen) atoms. The maximum Gasteiger partial charge on any atom is 0.227 e. The highest BCUT2D eigenvalue weighted by Crippen LogP contribution is 2.32. The molecule has 126 valence electrons. The van der Waals surface area contributed by atoms with Gasteiger partial charge in [0.2, 0.25) is 5.91 Å². The average Bonchev–Trinajstić information content (AvgIpc) is 2.95. The van der Waals surface area contributed by atoms with E-state index in [1.807, 2.05) is 12.1 Å². The molecule has 1 saturated heterocycles. The zero-order valence-electron chi connectivity index (χ0n) is 13.8. The minimum atomic E-state index is -0.808. The Morgan fingerprint density at radius 2 is 1.96 bits per heavy atom. The smallest absolute Gasteiger partial charge is 0.227 e. The molecule has 1 amide bonds. The van der Waals surface area contributed by atoms with E-state index in [1.54, 1.807) is 6.20 Å². The molecule has 2 N–H and O–H groups in total. The van der Waals surface area contributed by atoms with Crippen LogP contribution in [0.3, 0.4) is 0 Å². The summed E-state index contributed by atoms with van der Waals surface area (Å²) >= 11 is 0. The van der Waals surface area contributed by atoms with E-state index in [2.05, 4.69) is 27.1 Å². The molecule has 1 aromatic heterocycles. The second kappa shape index (κ2) is 6.84. The first-order valence-electron chi connectivity index (χ1n) is 8.46. The fraction of sp³-hybridized carbons (Fsp3) is 0.647. The molecule has 1 aromatic rings. The molecule has 6 heteroatoms. The predicted octanol–water partition coefficient (Wildman–Crippen LogP) is 1.47. The topological polar surface area (TPSA) is 68.7 Å². The fourth-order valence-corrected chi connectivity index (χ4v) is 3.40. The minimum Gasteiger partial charge on any atom is -0.389 e. The number of aromatic nitrogens is 1. The third-order valence-electron chi connectivity index (χ3n) is 4.88. The SMILES string of the molecule is CN1CCN(c2ccc(NC(=O)CC3(O)CCCC3)cn2)CC1. The van der Waals surface area contributed by atoms with Crippen molar-refractivity contribution in [2.45, 2.75) is 37.7 Å². The zero-order valence-corrected chi connectivity index (χ0v) is 13.8. The van der Waals surface area contributed by atoms with Gasteiger partial charge in [0.25, 0.3) is 0 Å². The number of nitrogens with one attached hydrogen (secondary N) is 1. The highest BCUT2D eigenvalue weighted by Gasteiger charge is 2.33. The lowest BCUT2D eigenvalue weighted by Gasteiger charge is -2.33. The van der Waals surface area contributed by atoms with Gasteiger partial charge >= 0.3 is 0 Å². The monoisotopic (exact) mass is 318 g/mol. The van der Waals surface area contributed by atoms with Gasteiger partial charge in [0.1, 0.15) is 5.82 Å². The number of anilines is 2. The van der Waals surface area contributed by atoms with Crippen LogP contribution in [0.25, 0.3) is 0 Å². The van der Waals surface area contributed by atoms with Crippen molar-refractivity contribution in [3.8, 4) is 0 Å². The Balaban J connectivity index is 1.54. The van der Waals surface area contributed by atoms with E-state index < -0.39 is 5.60 Å². The van der Waals surface area contributed by atoms with Gasteiger partial charge < -0.3 is 20.2 Å². The molecule has 2 fully saturated rings. The van der Waals surface area contributed by atoms with Crippen LogP contribution in [0.5, 0.6) is 0 Å².